The number of sulfonamides is 1. The zero-order chi connectivity index (χ0) is 39.8. The number of amides is 5. The molecule has 0 radical (unpaired) electrons. The Morgan fingerprint density at radius 3 is 2.52 bits per heavy atom. The fourth-order valence-electron chi connectivity index (χ4n) is 8.15. The van der Waals surface area contributed by atoms with Crippen LogP contribution < -0.4 is 20.3 Å². The number of allylic oxidation sites excluding steroid dienone is 1. The van der Waals surface area contributed by atoms with Gasteiger partial charge < -0.3 is 34.6 Å². The molecule has 0 unspecified atom stereocenters. The molecule has 3 N–H and O–H groups in total. The fourth-order valence-corrected chi connectivity index (χ4v) is 9.51. The molecule has 2 saturated heterocycles. The van der Waals surface area contributed by atoms with E-state index >= 15 is 0 Å². The molecule has 0 bridgehead atoms. The number of fused-ring (bicyclic) bond motifs is 3. The summed E-state index contributed by atoms with van der Waals surface area (Å²) in [5.74, 6) is -2.49. The number of nitrogens with zero attached hydrogens (tertiary/aromatic N) is 3. The van der Waals surface area contributed by atoms with Crippen LogP contribution in [0.5, 0.6) is 0 Å². The second kappa shape index (κ2) is 15.9. The highest BCUT2D eigenvalue weighted by Gasteiger charge is 2.62. The number of hydrogen-bond donors (Lipinski definition) is 3. The number of benzene rings is 1. The Kier molecular flexibility index (Phi) is 11.3. The van der Waals surface area contributed by atoms with Crippen LogP contribution in [0.3, 0.4) is 0 Å². The highest BCUT2D eigenvalue weighted by atomic mass is 32.2. The molecule has 5 amide bonds. The average Bonchev–Trinajstić information content (AvgIpc) is 4.03. The molecule has 0 aromatic heterocycles. The van der Waals surface area contributed by atoms with Crippen molar-refractivity contribution in [1.29, 1.82) is 0 Å². The third-order valence-electron chi connectivity index (χ3n) is 11.4. The van der Waals surface area contributed by atoms with E-state index in [4.69, 9.17) is 14.2 Å². The fraction of sp³-hybridized carbons (Fsp3) is 0.667. The van der Waals surface area contributed by atoms with Crippen molar-refractivity contribution in [3.63, 3.8) is 0 Å². The van der Waals surface area contributed by atoms with E-state index in [0.717, 1.165) is 42.7 Å². The molecule has 2 saturated carbocycles. The third-order valence-corrected chi connectivity index (χ3v) is 13.2. The number of carbonyl (C=O) groups excluding carboxylic acids is 5. The topological polar surface area (TPSA) is 193 Å². The van der Waals surface area contributed by atoms with Crippen LogP contribution in [-0.4, -0.2) is 116 Å². The third kappa shape index (κ3) is 8.93. The van der Waals surface area contributed by atoms with Crippen molar-refractivity contribution in [2.45, 2.75) is 126 Å². The van der Waals surface area contributed by atoms with Gasteiger partial charge in [-0.05, 0) is 76.5 Å². The minimum Gasteiger partial charge on any atom is -0.444 e. The van der Waals surface area contributed by atoms with Crippen LogP contribution in [0.2, 0.25) is 0 Å². The summed E-state index contributed by atoms with van der Waals surface area (Å²) in [6.07, 6.45) is 5.63. The lowest BCUT2D eigenvalue weighted by atomic mass is 10.0. The predicted molar refractivity (Wildman–Crippen MR) is 204 cm³/mol. The maximum Gasteiger partial charge on any atom is 0.410 e. The molecule has 4 aliphatic heterocycles. The number of alkyl carbamates (subject to hydrolysis) is 1. The number of hydrogen-bond acceptors (Lipinski definition) is 11. The first-order chi connectivity index (χ1) is 26.6. The molecule has 4 heterocycles. The van der Waals surface area contributed by atoms with Crippen LogP contribution in [0.1, 0.15) is 89.7 Å². The zero-order valence-electron chi connectivity index (χ0n) is 32.4. The first kappa shape index (κ1) is 39.8. The lowest BCUT2D eigenvalue weighted by Crippen LogP contribution is -2.58. The zero-order valence-corrected chi connectivity index (χ0v) is 33.2. The molecule has 6 aliphatic rings. The summed E-state index contributed by atoms with van der Waals surface area (Å²) < 4.78 is 44.9. The van der Waals surface area contributed by atoms with Gasteiger partial charge in [0.05, 0.1) is 31.6 Å². The highest BCUT2D eigenvalue weighted by Crippen LogP contribution is 2.46. The minimum absolute atomic E-state index is 0.0686. The second-order valence-electron chi connectivity index (χ2n) is 16.8. The van der Waals surface area contributed by atoms with Gasteiger partial charge in [-0.15, -0.1) is 0 Å². The van der Waals surface area contributed by atoms with Gasteiger partial charge in [-0.25, -0.2) is 18.0 Å². The lowest BCUT2D eigenvalue weighted by Gasteiger charge is -2.30. The van der Waals surface area contributed by atoms with Gasteiger partial charge in [0.15, 0.2) is 0 Å². The largest absolute Gasteiger partial charge is 0.444 e. The molecule has 1 aromatic carbocycles. The maximum absolute atomic E-state index is 14.5. The van der Waals surface area contributed by atoms with Crippen LogP contribution >= 0.6 is 0 Å². The summed E-state index contributed by atoms with van der Waals surface area (Å²) in [4.78, 5) is 74.4. The Hall–Kier alpha value is -4.38. The Labute approximate surface area is 328 Å². The smallest absolute Gasteiger partial charge is 0.410 e. The monoisotopic (exact) mass is 798 g/mol. The summed E-state index contributed by atoms with van der Waals surface area (Å²) in [5, 5.41) is 4.91. The van der Waals surface area contributed by atoms with Crippen molar-refractivity contribution in [1.82, 2.24) is 25.2 Å². The van der Waals surface area contributed by atoms with Crippen LogP contribution in [0.4, 0.5) is 15.3 Å². The SMILES string of the molecule is CC(C)(C)OC(=O)N[C@H]1CCCCC/C=C\[C@H]2C[C@]2(C(=O)NS(=O)(=O)C2CC2)NC(=O)[C@@H]2C[C@@H](OC(=O)N3Cc4cccc(N5CCOCC5)c4C3)CN2C1=O. The Bertz CT molecular complexity index is 1860. The molecule has 56 heavy (non-hydrogen) atoms. The Morgan fingerprint density at radius 1 is 1.02 bits per heavy atom. The molecule has 1 aromatic rings. The maximum atomic E-state index is 14.5. The van der Waals surface area contributed by atoms with Gasteiger partial charge >= 0.3 is 12.2 Å². The van der Waals surface area contributed by atoms with E-state index < -0.39 is 80.4 Å². The highest BCUT2D eigenvalue weighted by molar-refractivity contribution is 7.91. The molecule has 16 nitrogen and oxygen atoms in total. The summed E-state index contributed by atoms with van der Waals surface area (Å²) in [6.45, 7) is 8.42. The summed E-state index contributed by atoms with van der Waals surface area (Å²) in [5.41, 5.74) is 0.740. The van der Waals surface area contributed by atoms with Crippen molar-refractivity contribution in [2.75, 3.05) is 37.7 Å². The molecular formula is C39H54N6O10S. The van der Waals surface area contributed by atoms with E-state index in [-0.39, 0.29) is 25.8 Å². The molecule has 306 valence electrons. The quantitative estimate of drug-likeness (QED) is 0.359. The van der Waals surface area contributed by atoms with Crippen LogP contribution in [0.15, 0.2) is 30.4 Å². The van der Waals surface area contributed by atoms with E-state index in [1.54, 1.807) is 25.7 Å². The first-order valence-electron chi connectivity index (χ1n) is 19.9. The number of anilines is 1. The molecular weight excluding hydrogens is 745 g/mol. The van der Waals surface area contributed by atoms with Gasteiger partial charge in [-0.2, -0.15) is 0 Å². The summed E-state index contributed by atoms with van der Waals surface area (Å²) >= 11 is 0. The van der Waals surface area contributed by atoms with Crippen molar-refractivity contribution < 1.29 is 46.6 Å². The molecule has 17 heteroatoms. The summed E-state index contributed by atoms with van der Waals surface area (Å²) in [7, 11) is -3.91. The molecule has 7 rings (SSSR count). The van der Waals surface area contributed by atoms with Crippen molar-refractivity contribution in [3.8, 4) is 0 Å². The number of carbonyl (C=O) groups is 5. The van der Waals surface area contributed by atoms with Crippen LogP contribution in [0.25, 0.3) is 0 Å². The number of rotatable bonds is 6. The van der Waals surface area contributed by atoms with Gasteiger partial charge in [0, 0.05) is 37.7 Å². The van der Waals surface area contributed by atoms with E-state index in [1.807, 2.05) is 30.4 Å². The van der Waals surface area contributed by atoms with Gasteiger partial charge in [0.1, 0.15) is 29.3 Å². The lowest BCUT2D eigenvalue weighted by molar-refractivity contribution is -0.141. The first-order valence-corrected chi connectivity index (χ1v) is 21.4. The van der Waals surface area contributed by atoms with Crippen LogP contribution in [0, 0.1) is 5.92 Å². The Balaban J connectivity index is 1.12. The molecule has 0 spiro atoms. The molecule has 2 aliphatic carbocycles. The van der Waals surface area contributed by atoms with E-state index in [0.29, 0.717) is 52.0 Å². The van der Waals surface area contributed by atoms with Crippen molar-refractivity contribution in [3.05, 3.63) is 41.5 Å². The van der Waals surface area contributed by atoms with E-state index in [9.17, 15) is 32.4 Å². The van der Waals surface area contributed by atoms with Gasteiger partial charge in [-0.1, -0.05) is 37.1 Å². The van der Waals surface area contributed by atoms with Gasteiger partial charge in [0.2, 0.25) is 21.8 Å². The predicted octanol–water partition coefficient (Wildman–Crippen LogP) is 2.84. The van der Waals surface area contributed by atoms with Gasteiger partial charge in [-0.3, -0.25) is 24.0 Å². The minimum atomic E-state index is -3.91. The molecule has 4 fully saturated rings. The van der Waals surface area contributed by atoms with Crippen molar-refractivity contribution >= 4 is 45.6 Å². The average molecular weight is 799 g/mol. The van der Waals surface area contributed by atoms with E-state index in [2.05, 4.69) is 20.3 Å². The van der Waals surface area contributed by atoms with E-state index in [1.165, 1.54) is 4.90 Å². The number of nitrogens with one attached hydrogen (secondary N) is 3. The molecule has 5 atom stereocenters. The second-order valence-corrected chi connectivity index (χ2v) is 18.8. The van der Waals surface area contributed by atoms with Gasteiger partial charge in [0.25, 0.3) is 5.91 Å². The summed E-state index contributed by atoms with van der Waals surface area (Å²) in [6, 6.07) is 3.77. The van der Waals surface area contributed by atoms with Crippen molar-refractivity contribution in [2.24, 2.45) is 5.92 Å². The normalized spacial score (nSPS) is 29.1. The number of ether oxygens (including phenoxy) is 3. The Morgan fingerprint density at radius 2 is 1.79 bits per heavy atom. The van der Waals surface area contributed by atoms with Crippen LogP contribution in [-0.2, 0) is 51.7 Å². The standard InChI is InChI=1S/C39H54N6O10S/c1-38(2,3)55-36(49)40-30-12-8-6-4-5-7-11-26-21-39(26,35(48)42-56(51,52)28-14-15-28)41-33(46)32-20-27(23-45(32)34(30)47)54-37(50)44-22-25-10-9-13-31(29(25)24-44)43-16-18-53-19-17-43/h7,9-11,13,26-28,30,32H,4-6,8,12,14-24H2,1-3H3,(H,40,49)(H,41,46)(H,42,48)/b11-7-/t26-,27+,30-,32-,39-/m0/s1. The number of morpholine rings is 1.